The summed E-state index contributed by atoms with van der Waals surface area (Å²) in [5.74, 6) is 0.976. The van der Waals surface area contributed by atoms with E-state index in [1.165, 1.54) is 29.8 Å². The van der Waals surface area contributed by atoms with E-state index in [0.29, 0.717) is 6.04 Å². The van der Waals surface area contributed by atoms with Crippen LogP contribution in [0.1, 0.15) is 19.3 Å². The van der Waals surface area contributed by atoms with Crippen molar-refractivity contribution in [2.75, 3.05) is 11.1 Å². The summed E-state index contributed by atoms with van der Waals surface area (Å²) >= 11 is 1.84. The van der Waals surface area contributed by atoms with E-state index in [0.717, 1.165) is 5.75 Å². The predicted octanol–water partition coefficient (Wildman–Crippen LogP) is 3.93. The lowest BCUT2D eigenvalue weighted by atomic mass is 9.93. The monoisotopic (exact) mass is 219 g/mol. The minimum atomic E-state index is 0.704. The van der Waals surface area contributed by atoms with Crippen LogP contribution >= 0.6 is 11.8 Å². The first-order valence-electron chi connectivity index (χ1n) is 5.49. The molecule has 0 heterocycles. The Balaban J connectivity index is 2.02. The molecule has 1 saturated carbocycles. The van der Waals surface area contributed by atoms with Crippen LogP contribution in [0.3, 0.4) is 0 Å². The van der Waals surface area contributed by atoms with Crippen molar-refractivity contribution < 1.29 is 0 Å². The molecule has 0 atom stereocenters. The Morgan fingerprint density at radius 1 is 1.40 bits per heavy atom. The molecule has 80 valence electrons. The lowest BCUT2D eigenvalue weighted by molar-refractivity contribution is 0.445. The van der Waals surface area contributed by atoms with Crippen molar-refractivity contribution >= 4 is 17.4 Å². The third-order valence-electron chi connectivity index (χ3n) is 2.71. The quantitative estimate of drug-likeness (QED) is 0.595. The molecule has 0 unspecified atom stereocenters. The highest BCUT2D eigenvalue weighted by Crippen LogP contribution is 2.30. The van der Waals surface area contributed by atoms with E-state index in [1.54, 1.807) is 0 Å². The van der Waals surface area contributed by atoms with Crippen LogP contribution in [0, 0.1) is 0 Å². The maximum Gasteiger partial charge on any atom is 0.0480 e. The van der Waals surface area contributed by atoms with Crippen LogP contribution < -0.4 is 5.32 Å². The van der Waals surface area contributed by atoms with Gasteiger partial charge in [0.2, 0.25) is 0 Å². The summed E-state index contributed by atoms with van der Waals surface area (Å²) in [5.41, 5.74) is 1.29. The predicted molar refractivity (Wildman–Crippen MR) is 68.6 cm³/mol. The second-order valence-electron chi connectivity index (χ2n) is 3.87. The van der Waals surface area contributed by atoms with Gasteiger partial charge in [-0.1, -0.05) is 18.2 Å². The Hall–Kier alpha value is -0.890. The summed E-state index contributed by atoms with van der Waals surface area (Å²) < 4.78 is 0. The molecular weight excluding hydrogens is 202 g/mol. The Kier molecular flexibility index (Phi) is 3.73. The second kappa shape index (κ2) is 5.26. The molecule has 0 radical (unpaired) electrons. The van der Waals surface area contributed by atoms with Gasteiger partial charge in [0, 0.05) is 22.4 Å². The van der Waals surface area contributed by atoms with E-state index in [1.807, 2.05) is 17.8 Å². The van der Waals surface area contributed by atoms with E-state index in [9.17, 15) is 0 Å². The van der Waals surface area contributed by atoms with Gasteiger partial charge in [-0.15, -0.1) is 18.3 Å². The van der Waals surface area contributed by atoms with Crippen molar-refractivity contribution in [3.63, 3.8) is 0 Å². The third kappa shape index (κ3) is 2.78. The van der Waals surface area contributed by atoms with Gasteiger partial charge >= 0.3 is 0 Å². The molecule has 1 N–H and O–H groups in total. The van der Waals surface area contributed by atoms with Gasteiger partial charge in [0.25, 0.3) is 0 Å². The van der Waals surface area contributed by atoms with Gasteiger partial charge in [-0.2, -0.15) is 0 Å². The fourth-order valence-corrected chi connectivity index (χ4v) is 2.39. The molecule has 0 aromatic heterocycles. The lowest BCUT2D eigenvalue weighted by Gasteiger charge is -2.28. The molecule has 0 spiro atoms. The molecule has 2 heteroatoms. The van der Waals surface area contributed by atoms with Gasteiger partial charge < -0.3 is 5.32 Å². The maximum absolute atomic E-state index is 3.75. The van der Waals surface area contributed by atoms with Gasteiger partial charge in [-0.05, 0) is 31.4 Å². The fraction of sp³-hybridized carbons (Fsp3) is 0.385. The Morgan fingerprint density at radius 3 is 2.87 bits per heavy atom. The van der Waals surface area contributed by atoms with Crippen molar-refractivity contribution in [1.82, 2.24) is 0 Å². The summed E-state index contributed by atoms with van der Waals surface area (Å²) in [6.45, 7) is 3.75. The van der Waals surface area contributed by atoms with E-state index in [4.69, 9.17) is 0 Å². The highest BCUT2D eigenvalue weighted by atomic mass is 32.2. The van der Waals surface area contributed by atoms with Crippen LogP contribution in [0.4, 0.5) is 5.69 Å². The zero-order valence-electron chi connectivity index (χ0n) is 8.91. The molecule has 1 aromatic rings. The molecule has 1 fully saturated rings. The van der Waals surface area contributed by atoms with Crippen LogP contribution in [0.15, 0.2) is 41.8 Å². The minimum Gasteiger partial charge on any atom is -0.381 e. The zero-order chi connectivity index (χ0) is 10.5. The Labute approximate surface area is 96.0 Å². The van der Waals surface area contributed by atoms with E-state index in [-0.39, 0.29) is 0 Å². The molecule has 15 heavy (non-hydrogen) atoms. The normalized spacial score (nSPS) is 15.7. The largest absolute Gasteiger partial charge is 0.381 e. The fourth-order valence-electron chi connectivity index (χ4n) is 1.63. The average Bonchev–Trinajstić information content (AvgIpc) is 2.22. The lowest BCUT2D eigenvalue weighted by Crippen LogP contribution is -2.27. The molecule has 0 bridgehead atoms. The van der Waals surface area contributed by atoms with Crippen molar-refractivity contribution in [3.8, 4) is 0 Å². The Bertz CT molecular complexity index is 331. The van der Waals surface area contributed by atoms with Crippen LogP contribution in [-0.4, -0.2) is 11.8 Å². The number of anilines is 1. The first-order chi connectivity index (χ1) is 7.40. The van der Waals surface area contributed by atoms with Crippen molar-refractivity contribution in [1.29, 1.82) is 0 Å². The number of rotatable bonds is 5. The number of para-hydroxylation sites is 1. The van der Waals surface area contributed by atoms with Gasteiger partial charge in [-0.3, -0.25) is 0 Å². The van der Waals surface area contributed by atoms with Gasteiger partial charge in [-0.25, -0.2) is 0 Å². The molecule has 2 rings (SSSR count). The Morgan fingerprint density at radius 2 is 2.20 bits per heavy atom. The SMILES string of the molecule is C=CCSc1ccccc1NC1CCC1. The highest BCUT2D eigenvalue weighted by molar-refractivity contribution is 7.99. The zero-order valence-corrected chi connectivity index (χ0v) is 9.72. The molecule has 1 aromatic carbocycles. The topological polar surface area (TPSA) is 12.0 Å². The molecule has 0 saturated heterocycles. The van der Waals surface area contributed by atoms with Crippen molar-refractivity contribution in [3.05, 3.63) is 36.9 Å². The number of hydrogen-bond donors (Lipinski definition) is 1. The summed E-state index contributed by atoms with van der Waals surface area (Å²) in [6, 6.07) is 9.24. The molecular formula is C13H17NS. The smallest absolute Gasteiger partial charge is 0.0480 e. The van der Waals surface area contributed by atoms with Gasteiger partial charge in [0.15, 0.2) is 0 Å². The molecule has 1 aliphatic carbocycles. The van der Waals surface area contributed by atoms with Crippen molar-refractivity contribution in [2.24, 2.45) is 0 Å². The summed E-state index contributed by atoms with van der Waals surface area (Å²) in [5, 5.41) is 3.60. The molecule has 0 aliphatic heterocycles. The standard InChI is InChI=1S/C13H17NS/c1-2-10-15-13-9-4-3-8-12(13)14-11-6-5-7-11/h2-4,8-9,11,14H,1,5-7,10H2. The average molecular weight is 219 g/mol. The van der Waals surface area contributed by atoms with E-state index >= 15 is 0 Å². The number of thioether (sulfide) groups is 1. The van der Waals surface area contributed by atoms with Crippen LogP contribution in [0.2, 0.25) is 0 Å². The second-order valence-corrected chi connectivity index (χ2v) is 4.93. The van der Waals surface area contributed by atoms with E-state index < -0.39 is 0 Å². The molecule has 1 nitrogen and oxygen atoms in total. The van der Waals surface area contributed by atoms with Crippen molar-refractivity contribution in [2.45, 2.75) is 30.2 Å². The number of benzene rings is 1. The first kappa shape index (κ1) is 10.6. The number of nitrogens with one attached hydrogen (secondary N) is 1. The van der Waals surface area contributed by atoms with Crippen LogP contribution in [0.25, 0.3) is 0 Å². The maximum atomic E-state index is 3.75. The first-order valence-corrected chi connectivity index (χ1v) is 6.48. The summed E-state index contributed by atoms with van der Waals surface area (Å²) in [6.07, 6.45) is 5.96. The molecule has 1 aliphatic rings. The molecule has 0 amide bonds. The highest BCUT2D eigenvalue weighted by Gasteiger charge is 2.17. The van der Waals surface area contributed by atoms with Gasteiger partial charge in [0.05, 0.1) is 0 Å². The summed E-state index contributed by atoms with van der Waals surface area (Å²) in [7, 11) is 0. The van der Waals surface area contributed by atoms with Crippen LogP contribution in [0.5, 0.6) is 0 Å². The third-order valence-corrected chi connectivity index (χ3v) is 3.78. The van der Waals surface area contributed by atoms with Crippen LogP contribution in [-0.2, 0) is 0 Å². The van der Waals surface area contributed by atoms with Gasteiger partial charge in [0.1, 0.15) is 0 Å². The number of hydrogen-bond acceptors (Lipinski definition) is 2. The minimum absolute atomic E-state index is 0.704. The van der Waals surface area contributed by atoms with E-state index in [2.05, 4.69) is 36.2 Å². The summed E-state index contributed by atoms with van der Waals surface area (Å²) in [4.78, 5) is 1.34.